The van der Waals surface area contributed by atoms with Gasteiger partial charge in [0.2, 0.25) is 17.7 Å². The van der Waals surface area contributed by atoms with Gasteiger partial charge in [0.25, 0.3) is 17.7 Å². The molecule has 19 rings (SSSR count). The lowest BCUT2D eigenvalue weighted by atomic mass is 9.88. The number of rotatable bonds is 22. The summed E-state index contributed by atoms with van der Waals surface area (Å²) in [6, 6.07) is 67.1. The van der Waals surface area contributed by atoms with Gasteiger partial charge in [0.15, 0.2) is 5.78 Å². The van der Waals surface area contributed by atoms with Crippen LogP contribution in [0.15, 0.2) is 256 Å². The Hall–Kier alpha value is -15.1. The van der Waals surface area contributed by atoms with E-state index in [1.807, 2.05) is 129 Å². The zero-order chi connectivity index (χ0) is 88.9. The van der Waals surface area contributed by atoms with Crippen LogP contribution in [-0.4, -0.2) is 126 Å². The van der Waals surface area contributed by atoms with Crippen molar-refractivity contribution in [3.8, 4) is 67.5 Å². The molecular weight excluding hydrogens is 1610 g/mol. The number of hydrogen-bond acceptors (Lipinski definition) is 18. The van der Waals surface area contributed by atoms with Crippen molar-refractivity contribution in [1.82, 2.24) is 55.7 Å². The van der Waals surface area contributed by atoms with Gasteiger partial charge in [-0.3, -0.25) is 63.5 Å². The van der Waals surface area contributed by atoms with E-state index < -0.39 is 11.8 Å². The standard InChI is InChI=1S/C29H28N4O2.C26H21N3O3.C25H27N3O3.C24H23N3O3/c1-20-6-2-3-15-33(20)18-21-9-11-22(12-10-21)23-16-26-24(7-4-13-31-26)28(17-23)35-19-27-25(29(30)34)8-5-14-32-27;27-26(31)21-6-3-11-29-23(21)15-32-25-14-18(13-22-20(25)5-2-10-28-22)16-8-9-19-17(12-16)4-1-7-24(19)30;1-16(21-13-25(30)27-14-21)31-24-12-20(11-23-22(24)5-4-10-26-23)19-8-6-18(7-9-19)15-28(3)17(2)29;1-14(18-12-23(28)27-13-18)30-22-11-17(10-21-20(22)3-2-7-25-21)15-4-5-19-16(9-15)6-8-26-24(19)29/h4-5,7-14,16-17H,1-3,6,15,18-19H2,(H2,30,34);2-3,5-6,8-14H,1,4,7,15H2,(H2,27,31);4-12,16,21H,13-15H2,1-3H3,(H,27,30);2-5,7,9-11,14,18H,6,8,12-13H2,1H3,(H,26,29)(H,27,28)/t;;16-,21-;14-,18-/m..11/s1. The molecule has 0 radical (unpaired) electrons. The number of primary amides is 2. The molecule has 128 heavy (non-hydrogen) atoms. The van der Waals surface area contributed by atoms with Crippen LogP contribution in [0.3, 0.4) is 0 Å². The van der Waals surface area contributed by atoms with Crippen molar-refractivity contribution in [3.63, 3.8) is 0 Å². The van der Waals surface area contributed by atoms with Gasteiger partial charge in [0, 0.05) is 160 Å². The van der Waals surface area contributed by atoms with Crippen molar-refractivity contribution in [2.24, 2.45) is 23.3 Å². The quantitative estimate of drug-likeness (QED) is 0.0421. The molecule has 7 N–H and O–H groups in total. The number of aryl methyl sites for hydroxylation is 1. The first-order valence-electron chi connectivity index (χ1n) is 43.2. The summed E-state index contributed by atoms with van der Waals surface area (Å²) in [5.41, 5.74) is 31.4. The largest absolute Gasteiger partial charge is 0.490 e. The lowest BCUT2D eigenvalue weighted by Gasteiger charge is -2.31. The first kappa shape index (κ1) is 86.4. The molecule has 14 aromatic rings. The van der Waals surface area contributed by atoms with E-state index in [1.54, 1.807) is 80.3 Å². The van der Waals surface area contributed by atoms with Gasteiger partial charge in [-0.15, -0.1) is 0 Å². The third kappa shape index (κ3) is 20.5. The zero-order valence-corrected chi connectivity index (χ0v) is 71.9. The SMILES string of the molecule is C=C1CCCCN1Cc1ccc(-c2cc(OCc3ncccc3C(N)=O)c3cccnc3c2)cc1.CC(=O)N(C)Cc1ccc(-c2cc(O[C@H](C)[C@H]3CNC(=O)C3)c3cccnc3c2)cc1.C[C@@H](Oc1cc(-c2ccc3c(c2)CCNC3=O)cc2ncccc12)[C@H]1CNC(=O)C1.NC(=O)c1cccnc1COc1cc(-c2ccc3c(c2)CCCC3=O)cc2ncccc12. The van der Waals surface area contributed by atoms with Crippen LogP contribution < -0.4 is 46.4 Å². The Morgan fingerprint density at radius 1 is 0.461 bits per heavy atom. The number of fused-ring (bicyclic) bond motifs is 6. The summed E-state index contributed by atoms with van der Waals surface area (Å²) in [7, 11) is 1.80. The summed E-state index contributed by atoms with van der Waals surface area (Å²) >= 11 is 0. The molecule has 6 aromatic heterocycles. The summed E-state index contributed by atoms with van der Waals surface area (Å²) in [6.07, 6.45) is 17.9. The molecule has 0 bridgehead atoms. The van der Waals surface area contributed by atoms with Crippen molar-refractivity contribution >= 4 is 84.8 Å². The maximum atomic E-state index is 12.2. The van der Waals surface area contributed by atoms with E-state index in [4.69, 9.17) is 30.4 Å². The van der Waals surface area contributed by atoms with Gasteiger partial charge in [0.05, 0.1) is 44.6 Å². The second kappa shape index (κ2) is 39.4. The molecule has 8 aromatic carbocycles. The van der Waals surface area contributed by atoms with Gasteiger partial charge in [-0.05, 0) is 247 Å². The molecule has 24 heteroatoms. The number of Topliss-reactive ketones (excluding diaryl/α,β-unsaturated/α-hetero) is 1. The van der Waals surface area contributed by atoms with Gasteiger partial charge in [0.1, 0.15) is 48.4 Å². The smallest absolute Gasteiger partial charge is 0.251 e. The number of ether oxygens (including phenoxy) is 4. The Kier molecular flexibility index (Phi) is 26.6. The number of hydrogen-bond donors (Lipinski definition) is 5. The number of amides is 6. The van der Waals surface area contributed by atoms with Crippen LogP contribution in [0, 0.1) is 11.8 Å². The highest BCUT2D eigenvalue weighted by molar-refractivity contribution is 6.01. The average molecular weight is 1710 g/mol. The van der Waals surface area contributed by atoms with Crippen LogP contribution in [0.1, 0.15) is 141 Å². The summed E-state index contributed by atoms with van der Waals surface area (Å²) in [5, 5.41) is 12.3. The highest BCUT2D eigenvalue weighted by Gasteiger charge is 2.31. The van der Waals surface area contributed by atoms with Gasteiger partial charge in [-0.1, -0.05) is 85.4 Å². The molecule has 4 atom stereocenters. The molecule has 5 aliphatic rings. The normalized spacial score (nSPS) is 15.6. The maximum Gasteiger partial charge on any atom is 0.251 e. The van der Waals surface area contributed by atoms with E-state index in [0.717, 1.165) is 166 Å². The van der Waals surface area contributed by atoms with Gasteiger partial charge >= 0.3 is 0 Å². The van der Waals surface area contributed by atoms with E-state index in [2.05, 4.69) is 124 Å². The third-order valence-corrected chi connectivity index (χ3v) is 24.2. The maximum absolute atomic E-state index is 12.2. The van der Waals surface area contributed by atoms with Crippen molar-refractivity contribution in [1.29, 1.82) is 0 Å². The molecular formula is C104H99N13O11. The molecule has 0 spiro atoms. The molecule has 4 aliphatic heterocycles. The van der Waals surface area contributed by atoms with E-state index >= 15 is 0 Å². The lowest BCUT2D eigenvalue weighted by Crippen LogP contribution is -2.31. The number of carbonyl (C=O) groups is 7. The second-order valence-electron chi connectivity index (χ2n) is 32.9. The minimum absolute atomic E-state index is 0.0134. The van der Waals surface area contributed by atoms with Crippen LogP contribution in [0.4, 0.5) is 0 Å². The van der Waals surface area contributed by atoms with E-state index in [9.17, 15) is 33.6 Å². The molecule has 3 fully saturated rings. The molecule has 3 saturated heterocycles. The topological polar surface area (TPSA) is 328 Å². The van der Waals surface area contributed by atoms with Gasteiger partial charge in [-0.2, -0.15) is 0 Å². The number of pyridine rings is 6. The first-order valence-corrected chi connectivity index (χ1v) is 43.2. The number of aromatic nitrogens is 6. The molecule has 646 valence electrons. The molecule has 10 heterocycles. The van der Waals surface area contributed by atoms with Crippen LogP contribution >= 0.6 is 0 Å². The van der Waals surface area contributed by atoms with Crippen LogP contribution in [0.2, 0.25) is 0 Å². The van der Waals surface area contributed by atoms with Gasteiger partial charge in [-0.25, -0.2) is 0 Å². The highest BCUT2D eigenvalue weighted by atomic mass is 16.5. The number of nitrogens with two attached hydrogens (primary N) is 2. The van der Waals surface area contributed by atoms with E-state index in [-0.39, 0.29) is 66.7 Å². The van der Waals surface area contributed by atoms with Crippen molar-refractivity contribution in [2.45, 2.75) is 117 Å². The number of nitrogens with zero attached hydrogens (tertiary/aromatic N) is 8. The van der Waals surface area contributed by atoms with E-state index in [0.29, 0.717) is 79.5 Å². The number of benzene rings is 8. The number of allylic oxidation sites excluding steroid dienone is 1. The third-order valence-electron chi connectivity index (χ3n) is 24.2. The van der Waals surface area contributed by atoms with Crippen molar-refractivity contribution < 1.29 is 52.5 Å². The minimum Gasteiger partial charge on any atom is -0.490 e. The first-order chi connectivity index (χ1) is 62.2. The number of likely N-dealkylation sites (tertiary alicyclic amines) is 1. The predicted molar refractivity (Wildman–Crippen MR) is 494 cm³/mol. The number of carbonyl (C=O) groups excluding carboxylic acids is 7. The molecule has 0 saturated carbocycles. The lowest BCUT2D eigenvalue weighted by molar-refractivity contribution is -0.128. The summed E-state index contributed by atoms with van der Waals surface area (Å²) in [6.45, 7) is 14.5. The summed E-state index contributed by atoms with van der Waals surface area (Å²) < 4.78 is 25.0. The Bertz CT molecular complexity index is 6580. The number of nitrogens with one attached hydrogen (secondary N) is 3. The monoisotopic (exact) mass is 1710 g/mol. The number of ketones is 1. The number of piperidine rings is 1. The predicted octanol–water partition coefficient (Wildman–Crippen LogP) is 16.8. The van der Waals surface area contributed by atoms with Gasteiger partial charge < -0.3 is 56.2 Å². The summed E-state index contributed by atoms with van der Waals surface area (Å²) in [4.78, 5) is 113. The molecule has 6 amide bonds. The van der Waals surface area contributed by atoms with Crippen molar-refractivity contribution in [2.75, 3.05) is 33.2 Å². The molecule has 1 aliphatic carbocycles. The van der Waals surface area contributed by atoms with Crippen LogP contribution in [-0.2, 0) is 53.5 Å². The molecule has 0 unspecified atom stereocenters. The Morgan fingerprint density at radius 2 is 0.883 bits per heavy atom. The Labute approximate surface area is 741 Å². The van der Waals surface area contributed by atoms with Crippen LogP contribution in [0.25, 0.3) is 88.1 Å². The van der Waals surface area contributed by atoms with Crippen molar-refractivity contribution in [3.05, 3.63) is 312 Å². The fourth-order valence-electron chi connectivity index (χ4n) is 16.8. The Morgan fingerprint density at radius 3 is 1.34 bits per heavy atom. The zero-order valence-electron chi connectivity index (χ0n) is 71.9. The fraction of sp³-hybridized carbons (Fsp3) is 0.240. The summed E-state index contributed by atoms with van der Waals surface area (Å²) in [5.74, 6) is 2.49. The molecule has 24 nitrogen and oxygen atoms in total. The van der Waals surface area contributed by atoms with E-state index in [1.165, 1.54) is 24.1 Å². The van der Waals surface area contributed by atoms with Crippen LogP contribution in [0.5, 0.6) is 23.0 Å². The Balaban J connectivity index is 0.000000125. The fourth-order valence-corrected chi connectivity index (χ4v) is 16.8. The minimum atomic E-state index is -0.541. The highest BCUT2D eigenvalue weighted by Crippen LogP contribution is 2.40. The second-order valence-corrected chi connectivity index (χ2v) is 32.9. The average Bonchev–Trinajstić information content (AvgIpc) is 0.858.